The third-order valence-electron chi connectivity index (χ3n) is 1.45. The summed E-state index contributed by atoms with van der Waals surface area (Å²) in [5, 5.41) is 7.28. The molecule has 2 heterocycles. The maximum atomic E-state index is 4.91. The van der Waals surface area contributed by atoms with Crippen LogP contribution in [0.25, 0.3) is 11.3 Å². The second-order valence-electron chi connectivity index (χ2n) is 2.19. The third kappa shape index (κ3) is 0.920. The zero-order valence-electron chi connectivity index (χ0n) is 5.94. The van der Waals surface area contributed by atoms with E-state index in [-0.39, 0.29) is 0 Å². The van der Waals surface area contributed by atoms with Gasteiger partial charge in [0.2, 0.25) is 0 Å². The lowest BCUT2D eigenvalue weighted by atomic mass is 10.2. The average molecular weight is 150 g/mol. The summed E-state index contributed by atoms with van der Waals surface area (Å²) < 4.78 is 9.64. The number of hydrogen-bond acceptors (Lipinski definition) is 4. The fourth-order valence-electron chi connectivity index (χ4n) is 0.884. The van der Waals surface area contributed by atoms with E-state index in [1.165, 1.54) is 6.26 Å². The highest BCUT2D eigenvalue weighted by atomic mass is 16.5. The van der Waals surface area contributed by atoms with Gasteiger partial charge in [-0.15, -0.1) is 0 Å². The van der Waals surface area contributed by atoms with Crippen molar-refractivity contribution in [2.24, 2.45) is 0 Å². The average Bonchev–Trinajstić information content (AvgIpc) is 2.55. The third-order valence-corrected chi connectivity index (χ3v) is 1.45. The monoisotopic (exact) mass is 150 g/mol. The summed E-state index contributed by atoms with van der Waals surface area (Å²) in [6.07, 6.45) is 3.12. The van der Waals surface area contributed by atoms with Crippen molar-refractivity contribution in [3.8, 4) is 11.3 Å². The summed E-state index contributed by atoms with van der Waals surface area (Å²) in [7, 11) is 0. The van der Waals surface area contributed by atoms with Crippen LogP contribution in [0.3, 0.4) is 0 Å². The fraction of sp³-hybridized carbons (Fsp3) is 0.143. The second-order valence-corrected chi connectivity index (χ2v) is 2.19. The fourth-order valence-corrected chi connectivity index (χ4v) is 0.884. The van der Waals surface area contributed by atoms with E-state index < -0.39 is 0 Å². The molecule has 2 rings (SSSR count). The Hall–Kier alpha value is -1.58. The Kier molecular flexibility index (Phi) is 1.25. The maximum absolute atomic E-state index is 4.91. The maximum Gasteiger partial charge on any atom is 0.171 e. The minimum atomic E-state index is 0.684. The van der Waals surface area contributed by atoms with Crippen LogP contribution in [0.5, 0.6) is 0 Å². The first kappa shape index (κ1) is 6.15. The molecule has 0 aliphatic rings. The van der Waals surface area contributed by atoms with Gasteiger partial charge in [-0.05, 0) is 6.92 Å². The van der Waals surface area contributed by atoms with Crippen LogP contribution in [0.1, 0.15) is 5.69 Å². The quantitative estimate of drug-likeness (QED) is 0.620. The normalized spacial score (nSPS) is 10.3. The van der Waals surface area contributed by atoms with Crippen LogP contribution in [0.2, 0.25) is 0 Å². The molecular formula is C7H6N2O2. The van der Waals surface area contributed by atoms with Gasteiger partial charge in [-0.3, -0.25) is 0 Å². The van der Waals surface area contributed by atoms with E-state index in [9.17, 15) is 0 Å². The largest absolute Gasteiger partial charge is 0.364 e. The minimum absolute atomic E-state index is 0.684. The van der Waals surface area contributed by atoms with E-state index in [1.807, 2.05) is 6.92 Å². The molecule has 0 saturated heterocycles. The lowest BCUT2D eigenvalue weighted by Gasteiger charge is -1.85. The van der Waals surface area contributed by atoms with Gasteiger partial charge in [0.25, 0.3) is 0 Å². The minimum Gasteiger partial charge on any atom is -0.364 e. The van der Waals surface area contributed by atoms with Crippen molar-refractivity contribution in [3.63, 3.8) is 0 Å². The number of nitrogens with zero attached hydrogens (tertiary/aromatic N) is 2. The van der Waals surface area contributed by atoms with Crippen LogP contribution in [0, 0.1) is 6.92 Å². The van der Waals surface area contributed by atoms with Crippen LogP contribution >= 0.6 is 0 Å². The molecule has 56 valence electrons. The van der Waals surface area contributed by atoms with Crippen LogP contribution in [0.4, 0.5) is 0 Å². The molecule has 0 atom stereocenters. The Labute approximate surface area is 62.8 Å². The van der Waals surface area contributed by atoms with Crippen molar-refractivity contribution in [1.29, 1.82) is 0 Å². The van der Waals surface area contributed by atoms with E-state index in [2.05, 4.69) is 10.3 Å². The smallest absolute Gasteiger partial charge is 0.171 e. The van der Waals surface area contributed by atoms with Crippen molar-refractivity contribution >= 4 is 0 Å². The molecule has 0 spiro atoms. The van der Waals surface area contributed by atoms with Gasteiger partial charge in [0.15, 0.2) is 5.76 Å². The standard InChI is InChI=1S/C7H6N2O2/c1-5-6(4-10-9-5)7-2-3-8-11-7/h2-4H,1H3. The van der Waals surface area contributed by atoms with E-state index in [0.29, 0.717) is 5.76 Å². The summed E-state index contributed by atoms with van der Waals surface area (Å²) in [5.41, 5.74) is 1.66. The molecule has 11 heavy (non-hydrogen) atoms. The number of hydrogen-bond donors (Lipinski definition) is 0. The molecule has 0 saturated carbocycles. The number of aryl methyl sites for hydroxylation is 1. The molecule has 2 aromatic rings. The van der Waals surface area contributed by atoms with Gasteiger partial charge in [-0.25, -0.2) is 0 Å². The molecular weight excluding hydrogens is 144 g/mol. The second kappa shape index (κ2) is 2.23. The molecule has 0 aromatic carbocycles. The first-order chi connectivity index (χ1) is 5.38. The number of aromatic nitrogens is 2. The summed E-state index contributed by atoms with van der Waals surface area (Å²) >= 11 is 0. The van der Waals surface area contributed by atoms with Crippen LogP contribution in [-0.2, 0) is 0 Å². The summed E-state index contributed by atoms with van der Waals surface area (Å²) in [6, 6.07) is 1.76. The van der Waals surface area contributed by atoms with Crippen LogP contribution < -0.4 is 0 Å². The molecule has 0 amide bonds. The van der Waals surface area contributed by atoms with E-state index in [4.69, 9.17) is 9.05 Å². The summed E-state index contributed by atoms with van der Waals surface area (Å²) in [4.78, 5) is 0. The van der Waals surface area contributed by atoms with Gasteiger partial charge in [0.05, 0.1) is 17.5 Å². The Morgan fingerprint density at radius 1 is 1.45 bits per heavy atom. The Morgan fingerprint density at radius 2 is 2.36 bits per heavy atom. The van der Waals surface area contributed by atoms with Gasteiger partial charge < -0.3 is 9.05 Å². The van der Waals surface area contributed by atoms with Crippen molar-refractivity contribution < 1.29 is 9.05 Å². The lowest BCUT2D eigenvalue weighted by Crippen LogP contribution is -1.73. The van der Waals surface area contributed by atoms with E-state index in [0.717, 1.165) is 11.3 Å². The summed E-state index contributed by atoms with van der Waals surface area (Å²) in [5.74, 6) is 0.684. The SMILES string of the molecule is Cc1nocc1-c1ccno1. The molecule has 0 radical (unpaired) electrons. The summed E-state index contributed by atoms with van der Waals surface area (Å²) in [6.45, 7) is 1.85. The molecule has 0 aliphatic heterocycles. The highest BCUT2D eigenvalue weighted by Gasteiger charge is 2.08. The molecule has 0 aliphatic carbocycles. The van der Waals surface area contributed by atoms with Gasteiger partial charge in [-0.2, -0.15) is 0 Å². The van der Waals surface area contributed by atoms with Crippen LogP contribution in [0.15, 0.2) is 27.6 Å². The zero-order chi connectivity index (χ0) is 7.68. The van der Waals surface area contributed by atoms with Gasteiger partial charge >= 0.3 is 0 Å². The van der Waals surface area contributed by atoms with Gasteiger partial charge in [0.1, 0.15) is 6.26 Å². The van der Waals surface area contributed by atoms with E-state index >= 15 is 0 Å². The van der Waals surface area contributed by atoms with E-state index in [1.54, 1.807) is 12.3 Å². The molecule has 0 bridgehead atoms. The Balaban J connectivity index is 2.53. The Morgan fingerprint density at radius 3 is 2.91 bits per heavy atom. The molecule has 2 aromatic heterocycles. The number of rotatable bonds is 1. The van der Waals surface area contributed by atoms with Crippen molar-refractivity contribution in [2.45, 2.75) is 6.92 Å². The highest BCUT2D eigenvalue weighted by molar-refractivity contribution is 5.57. The zero-order valence-corrected chi connectivity index (χ0v) is 5.94. The van der Waals surface area contributed by atoms with Crippen molar-refractivity contribution in [2.75, 3.05) is 0 Å². The molecule has 4 nitrogen and oxygen atoms in total. The predicted octanol–water partition coefficient (Wildman–Crippen LogP) is 1.64. The van der Waals surface area contributed by atoms with Crippen molar-refractivity contribution in [3.05, 3.63) is 24.2 Å². The lowest BCUT2D eigenvalue weighted by molar-refractivity contribution is 0.413. The van der Waals surface area contributed by atoms with Gasteiger partial charge in [0, 0.05) is 6.07 Å². The molecule has 0 fully saturated rings. The topological polar surface area (TPSA) is 52.1 Å². The predicted molar refractivity (Wildman–Crippen MR) is 36.7 cm³/mol. The first-order valence-electron chi connectivity index (χ1n) is 3.20. The molecule has 0 unspecified atom stereocenters. The van der Waals surface area contributed by atoms with Crippen LogP contribution in [-0.4, -0.2) is 10.3 Å². The van der Waals surface area contributed by atoms with Gasteiger partial charge in [-0.1, -0.05) is 10.3 Å². The molecule has 4 heteroatoms. The van der Waals surface area contributed by atoms with Crippen molar-refractivity contribution in [1.82, 2.24) is 10.3 Å². The Bertz CT molecular complexity index is 337. The first-order valence-corrected chi connectivity index (χ1v) is 3.20. The highest BCUT2D eigenvalue weighted by Crippen LogP contribution is 2.20. The molecule has 0 N–H and O–H groups in total.